The fraction of sp³-hybridized carbons (Fsp3) is 0.200. The molecular weight excluding hydrogens is 436 g/mol. The van der Waals surface area contributed by atoms with Crippen molar-refractivity contribution >= 4 is 34.5 Å². The Morgan fingerprint density at radius 3 is 2.14 bits per heavy atom. The highest BCUT2D eigenvalue weighted by atomic mass is 16.4. The number of hydrogen-bond acceptors (Lipinski definition) is 2. The normalized spacial score (nSPS) is 14.2. The minimum atomic E-state index is -1.00. The topological polar surface area (TPSA) is 71.3 Å². The first-order valence-electron chi connectivity index (χ1n) is 12.1. The van der Waals surface area contributed by atoms with E-state index in [0.29, 0.717) is 0 Å². The number of amides is 1. The molecule has 1 aromatic heterocycles. The third-order valence-electron chi connectivity index (χ3n) is 6.77. The fourth-order valence-electron chi connectivity index (χ4n) is 5.08. The Balaban J connectivity index is 1.62. The van der Waals surface area contributed by atoms with Crippen molar-refractivity contribution in [3.63, 3.8) is 0 Å². The summed E-state index contributed by atoms with van der Waals surface area (Å²) < 4.78 is 2.18. The Morgan fingerprint density at radius 2 is 1.54 bits per heavy atom. The first-order chi connectivity index (χ1) is 17.1. The maximum atomic E-state index is 12.7. The Labute approximate surface area is 204 Å². The number of rotatable bonds is 7. The van der Waals surface area contributed by atoms with E-state index in [-0.39, 0.29) is 17.9 Å². The van der Waals surface area contributed by atoms with E-state index < -0.39 is 5.97 Å². The summed E-state index contributed by atoms with van der Waals surface area (Å²) in [5, 5.41) is 13.2. The summed E-state index contributed by atoms with van der Waals surface area (Å²) in [5.74, 6) is -0.864. The van der Waals surface area contributed by atoms with Crippen LogP contribution in [0, 0.1) is 5.92 Å². The predicted octanol–water partition coefficient (Wildman–Crippen LogP) is 6.51. The smallest absolute Gasteiger partial charge is 0.328 e. The molecule has 4 aromatic rings. The van der Waals surface area contributed by atoms with E-state index in [1.54, 1.807) is 6.08 Å². The molecule has 176 valence electrons. The van der Waals surface area contributed by atoms with Crippen LogP contribution in [0.5, 0.6) is 0 Å². The van der Waals surface area contributed by atoms with E-state index in [9.17, 15) is 14.7 Å². The number of aliphatic carboxylic acids is 1. The Hall–Kier alpha value is -4.12. The SMILES string of the molecule is O=C(O)/C=C/c1cn(C(c2ccccc2)c2ccccc2)c2ccc(NC(=O)C3CCCC3)cc12. The molecule has 0 radical (unpaired) electrons. The van der Waals surface area contributed by atoms with E-state index in [1.165, 1.54) is 0 Å². The minimum absolute atomic E-state index is 0.0651. The van der Waals surface area contributed by atoms with Crippen molar-refractivity contribution in [3.8, 4) is 0 Å². The lowest BCUT2D eigenvalue weighted by molar-refractivity contribution is -0.131. The molecule has 5 heteroatoms. The summed E-state index contributed by atoms with van der Waals surface area (Å²) in [6.07, 6.45) is 8.85. The lowest BCUT2D eigenvalue weighted by Crippen LogP contribution is -2.20. The summed E-state index contributed by atoms with van der Waals surface area (Å²) in [5.41, 5.74) is 4.74. The molecule has 0 unspecified atom stereocenters. The van der Waals surface area contributed by atoms with Gasteiger partial charge in [0.15, 0.2) is 0 Å². The molecule has 1 heterocycles. The molecule has 0 spiro atoms. The molecule has 0 aliphatic heterocycles. The van der Waals surface area contributed by atoms with Crippen LogP contribution in [0.4, 0.5) is 5.69 Å². The molecule has 1 aliphatic carbocycles. The lowest BCUT2D eigenvalue weighted by atomic mass is 9.98. The zero-order chi connectivity index (χ0) is 24.2. The van der Waals surface area contributed by atoms with E-state index in [1.807, 2.05) is 60.8 Å². The fourth-order valence-corrected chi connectivity index (χ4v) is 5.08. The molecule has 35 heavy (non-hydrogen) atoms. The van der Waals surface area contributed by atoms with Gasteiger partial charge in [-0.2, -0.15) is 0 Å². The van der Waals surface area contributed by atoms with Crippen LogP contribution in [-0.2, 0) is 9.59 Å². The molecule has 3 aromatic carbocycles. The number of hydrogen-bond donors (Lipinski definition) is 2. The largest absolute Gasteiger partial charge is 0.478 e. The van der Waals surface area contributed by atoms with Crippen LogP contribution in [0.1, 0.15) is 48.4 Å². The highest BCUT2D eigenvalue weighted by molar-refractivity contribution is 5.99. The van der Waals surface area contributed by atoms with Gasteiger partial charge in [0.1, 0.15) is 0 Å². The molecule has 5 nitrogen and oxygen atoms in total. The summed E-state index contributed by atoms with van der Waals surface area (Å²) >= 11 is 0. The van der Waals surface area contributed by atoms with E-state index in [4.69, 9.17) is 0 Å². The van der Waals surface area contributed by atoms with Crippen LogP contribution in [0.15, 0.2) is 91.1 Å². The van der Waals surface area contributed by atoms with Gasteiger partial charge in [-0.3, -0.25) is 4.79 Å². The molecule has 5 rings (SSSR count). The van der Waals surface area contributed by atoms with Gasteiger partial charge in [0.25, 0.3) is 0 Å². The van der Waals surface area contributed by atoms with Crippen molar-refractivity contribution in [2.24, 2.45) is 5.92 Å². The van der Waals surface area contributed by atoms with Crippen LogP contribution in [-0.4, -0.2) is 21.6 Å². The van der Waals surface area contributed by atoms with Crippen LogP contribution in [0.25, 0.3) is 17.0 Å². The number of carboxylic acid groups (broad SMARTS) is 1. The molecule has 0 atom stereocenters. The number of fused-ring (bicyclic) bond motifs is 1. The quantitative estimate of drug-likeness (QED) is 0.307. The standard InChI is InChI=1S/C30H28N2O3/c33-28(34)18-15-24-20-32(29(21-9-3-1-4-10-21)22-11-5-2-6-12-22)27-17-16-25(19-26(24)27)31-30(35)23-13-7-8-14-23/h1-6,9-12,15-20,23,29H,7-8,13-14H2,(H,31,35)(H,33,34)/b18-15+. The number of aromatic nitrogens is 1. The number of carbonyl (C=O) groups is 2. The zero-order valence-corrected chi connectivity index (χ0v) is 19.4. The zero-order valence-electron chi connectivity index (χ0n) is 19.4. The number of nitrogens with one attached hydrogen (secondary N) is 1. The van der Waals surface area contributed by atoms with Crippen molar-refractivity contribution in [2.75, 3.05) is 5.32 Å². The van der Waals surface area contributed by atoms with Gasteiger partial charge in [0.05, 0.1) is 6.04 Å². The number of anilines is 1. The molecule has 1 fully saturated rings. The van der Waals surface area contributed by atoms with Crippen molar-refractivity contribution < 1.29 is 14.7 Å². The average Bonchev–Trinajstić information content (AvgIpc) is 3.53. The van der Waals surface area contributed by atoms with E-state index in [2.05, 4.69) is 34.1 Å². The monoisotopic (exact) mass is 464 g/mol. The minimum Gasteiger partial charge on any atom is -0.478 e. The van der Waals surface area contributed by atoms with Crippen molar-refractivity contribution in [3.05, 3.63) is 108 Å². The third-order valence-corrected chi connectivity index (χ3v) is 6.77. The van der Waals surface area contributed by atoms with E-state index in [0.717, 1.165) is 65.0 Å². The Bertz CT molecular complexity index is 1330. The van der Waals surface area contributed by atoms with Gasteiger partial charge < -0.3 is 15.0 Å². The van der Waals surface area contributed by atoms with Gasteiger partial charge in [-0.1, -0.05) is 73.5 Å². The second kappa shape index (κ2) is 10.0. The number of benzene rings is 3. The van der Waals surface area contributed by atoms with Gasteiger partial charge in [0.2, 0.25) is 5.91 Å². The second-order valence-corrected chi connectivity index (χ2v) is 9.09. The molecule has 1 aliphatic rings. The second-order valence-electron chi connectivity index (χ2n) is 9.09. The van der Waals surface area contributed by atoms with E-state index >= 15 is 0 Å². The molecule has 1 amide bonds. The van der Waals surface area contributed by atoms with Crippen molar-refractivity contribution in [1.82, 2.24) is 4.57 Å². The van der Waals surface area contributed by atoms with Crippen LogP contribution in [0.3, 0.4) is 0 Å². The predicted molar refractivity (Wildman–Crippen MR) is 139 cm³/mol. The maximum absolute atomic E-state index is 12.7. The molecular formula is C30H28N2O3. The van der Waals surface area contributed by atoms with Gasteiger partial charge in [-0.25, -0.2) is 4.79 Å². The first-order valence-corrected chi connectivity index (χ1v) is 12.1. The van der Waals surface area contributed by atoms with Gasteiger partial charge in [-0.15, -0.1) is 0 Å². The molecule has 2 N–H and O–H groups in total. The molecule has 1 saturated carbocycles. The number of nitrogens with zero attached hydrogens (tertiary/aromatic N) is 1. The highest BCUT2D eigenvalue weighted by Gasteiger charge is 2.23. The summed E-state index contributed by atoms with van der Waals surface area (Å²) in [6, 6.07) is 26.3. The molecule has 0 saturated heterocycles. The summed E-state index contributed by atoms with van der Waals surface area (Å²) in [6.45, 7) is 0. The van der Waals surface area contributed by atoms with Gasteiger partial charge >= 0.3 is 5.97 Å². The number of carboxylic acids is 1. The van der Waals surface area contributed by atoms with Gasteiger partial charge in [0, 0.05) is 40.3 Å². The van der Waals surface area contributed by atoms with Crippen LogP contribution >= 0.6 is 0 Å². The maximum Gasteiger partial charge on any atom is 0.328 e. The van der Waals surface area contributed by atoms with Crippen LogP contribution < -0.4 is 5.32 Å². The Kier molecular flexibility index (Phi) is 6.49. The van der Waals surface area contributed by atoms with Crippen LogP contribution in [0.2, 0.25) is 0 Å². The number of carbonyl (C=O) groups excluding carboxylic acids is 1. The highest BCUT2D eigenvalue weighted by Crippen LogP contribution is 2.35. The summed E-state index contributed by atoms with van der Waals surface area (Å²) in [7, 11) is 0. The first kappa shape index (κ1) is 22.7. The van der Waals surface area contributed by atoms with Gasteiger partial charge in [-0.05, 0) is 48.2 Å². The van der Waals surface area contributed by atoms with Crippen molar-refractivity contribution in [2.45, 2.75) is 31.7 Å². The lowest BCUT2D eigenvalue weighted by Gasteiger charge is -2.21. The summed E-state index contributed by atoms with van der Waals surface area (Å²) in [4.78, 5) is 24.0. The third kappa shape index (κ3) is 4.90. The van der Waals surface area contributed by atoms with Crippen molar-refractivity contribution in [1.29, 1.82) is 0 Å². The Morgan fingerprint density at radius 1 is 0.914 bits per heavy atom. The average molecular weight is 465 g/mol. The molecule has 0 bridgehead atoms.